The molecule has 9 heteroatoms. The Hall–Kier alpha value is -1.71. The zero-order chi connectivity index (χ0) is 15.6. The number of aromatic nitrogens is 2. The lowest BCUT2D eigenvalue weighted by Crippen LogP contribution is -2.26. The summed E-state index contributed by atoms with van der Waals surface area (Å²) in [7, 11) is -2.19. The summed E-state index contributed by atoms with van der Waals surface area (Å²) >= 11 is 1.50. The van der Waals surface area contributed by atoms with Crippen molar-refractivity contribution in [3.8, 4) is 0 Å². The number of rotatable bonds is 6. The molecule has 0 saturated heterocycles. The molecule has 2 aromatic heterocycles. The second kappa shape index (κ2) is 5.96. The first-order valence-electron chi connectivity index (χ1n) is 6.04. The van der Waals surface area contributed by atoms with E-state index in [4.69, 9.17) is 5.11 Å². The van der Waals surface area contributed by atoms with Crippen LogP contribution in [0, 0.1) is 6.92 Å². The average Bonchev–Trinajstić information content (AvgIpc) is 2.99. The maximum atomic E-state index is 12.4. The lowest BCUT2D eigenvalue weighted by Gasteiger charge is -2.15. The second-order valence-electron chi connectivity index (χ2n) is 4.56. The smallest absolute Gasteiger partial charge is 0.325 e. The van der Waals surface area contributed by atoms with Gasteiger partial charge >= 0.3 is 5.97 Å². The highest BCUT2D eigenvalue weighted by atomic mass is 32.2. The van der Waals surface area contributed by atoms with E-state index in [0.29, 0.717) is 0 Å². The fraction of sp³-hybridized carbons (Fsp3) is 0.333. The lowest BCUT2D eigenvalue weighted by molar-refractivity contribution is -0.137. The van der Waals surface area contributed by atoms with Crippen molar-refractivity contribution in [2.45, 2.75) is 24.9 Å². The molecule has 0 spiro atoms. The third kappa shape index (κ3) is 3.49. The van der Waals surface area contributed by atoms with Gasteiger partial charge in [-0.15, -0.1) is 11.3 Å². The minimum atomic E-state index is -3.68. The molecule has 0 aromatic carbocycles. The van der Waals surface area contributed by atoms with E-state index in [9.17, 15) is 13.2 Å². The number of aryl methyl sites for hydroxylation is 1. The van der Waals surface area contributed by atoms with E-state index in [1.807, 2.05) is 18.4 Å². The van der Waals surface area contributed by atoms with Crippen molar-refractivity contribution in [3.05, 3.63) is 34.3 Å². The highest BCUT2D eigenvalue weighted by Gasteiger charge is 2.23. The van der Waals surface area contributed by atoms with Gasteiger partial charge in [0, 0.05) is 24.7 Å². The van der Waals surface area contributed by atoms with Gasteiger partial charge < -0.3 is 5.11 Å². The Balaban J connectivity index is 2.19. The monoisotopic (exact) mass is 329 g/mol. The van der Waals surface area contributed by atoms with Crippen molar-refractivity contribution < 1.29 is 18.3 Å². The summed E-state index contributed by atoms with van der Waals surface area (Å²) < 4.78 is 27.1. The summed E-state index contributed by atoms with van der Waals surface area (Å²) in [6.45, 7) is 1.83. The summed E-state index contributed by atoms with van der Waals surface area (Å²) in [6.07, 6.45) is 2.39. The SMILES string of the molecule is Cc1ccsc1CN(C)S(=O)(=O)c1cnn(CC(=O)O)c1. The van der Waals surface area contributed by atoms with Gasteiger partial charge in [0.1, 0.15) is 11.4 Å². The number of sulfonamides is 1. The maximum absolute atomic E-state index is 12.4. The number of nitrogens with zero attached hydrogens (tertiary/aromatic N) is 3. The Morgan fingerprint density at radius 3 is 2.81 bits per heavy atom. The van der Waals surface area contributed by atoms with Crippen molar-refractivity contribution in [1.82, 2.24) is 14.1 Å². The topological polar surface area (TPSA) is 92.5 Å². The van der Waals surface area contributed by atoms with Gasteiger partial charge in [0.2, 0.25) is 10.0 Å². The number of carboxylic acid groups (broad SMARTS) is 1. The van der Waals surface area contributed by atoms with Crippen molar-refractivity contribution in [2.24, 2.45) is 0 Å². The summed E-state index contributed by atoms with van der Waals surface area (Å²) in [5, 5.41) is 14.3. The Bertz CT molecular complexity index is 748. The lowest BCUT2D eigenvalue weighted by atomic mass is 10.3. The number of thiophene rings is 1. The molecule has 114 valence electrons. The van der Waals surface area contributed by atoms with E-state index < -0.39 is 16.0 Å². The molecule has 2 aromatic rings. The summed E-state index contributed by atoms with van der Waals surface area (Å²) in [4.78, 5) is 11.5. The molecule has 0 atom stereocenters. The molecule has 7 nitrogen and oxygen atoms in total. The summed E-state index contributed by atoms with van der Waals surface area (Å²) in [5.74, 6) is -1.08. The normalized spacial score (nSPS) is 12.0. The number of aliphatic carboxylic acids is 1. The van der Waals surface area contributed by atoms with Crippen LogP contribution in [0.5, 0.6) is 0 Å². The van der Waals surface area contributed by atoms with Crippen LogP contribution in [0.4, 0.5) is 0 Å². The van der Waals surface area contributed by atoms with E-state index in [-0.39, 0.29) is 18.0 Å². The van der Waals surface area contributed by atoms with Gasteiger partial charge in [-0.2, -0.15) is 9.40 Å². The average molecular weight is 329 g/mol. The molecule has 0 saturated carbocycles. The van der Waals surface area contributed by atoms with Crippen LogP contribution < -0.4 is 0 Å². The van der Waals surface area contributed by atoms with Crippen LogP contribution in [-0.4, -0.2) is 40.6 Å². The van der Waals surface area contributed by atoms with Gasteiger partial charge in [0.15, 0.2) is 0 Å². The molecular formula is C12H15N3O4S2. The third-order valence-corrected chi connectivity index (χ3v) is 5.71. The molecule has 0 amide bonds. The van der Waals surface area contributed by atoms with Gasteiger partial charge in [0.25, 0.3) is 0 Å². The van der Waals surface area contributed by atoms with Crippen LogP contribution in [0.25, 0.3) is 0 Å². The molecule has 0 aliphatic rings. The first-order chi connectivity index (χ1) is 9.80. The van der Waals surface area contributed by atoms with Gasteiger partial charge in [0.05, 0.1) is 6.20 Å². The van der Waals surface area contributed by atoms with Crippen molar-refractivity contribution in [3.63, 3.8) is 0 Å². The Labute approximate surface area is 126 Å². The van der Waals surface area contributed by atoms with Crippen LogP contribution >= 0.6 is 11.3 Å². The fourth-order valence-corrected chi connectivity index (χ4v) is 3.87. The molecular weight excluding hydrogens is 314 g/mol. The van der Waals surface area contributed by atoms with Crippen LogP contribution in [0.2, 0.25) is 0 Å². The highest BCUT2D eigenvalue weighted by molar-refractivity contribution is 7.89. The molecule has 0 radical (unpaired) electrons. The zero-order valence-corrected chi connectivity index (χ0v) is 13.2. The maximum Gasteiger partial charge on any atom is 0.325 e. The molecule has 0 fully saturated rings. The minimum Gasteiger partial charge on any atom is -0.480 e. The number of carboxylic acids is 1. The Kier molecular flexibility index (Phi) is 4.45. The van der Waals surface area contributed by atoms with E-state index in [0.717, 1.165) is 21.3 Å². The summed E-state index contributed by atoms with van der Waals surface area (Å²) in [5.41, 5.74) is 1.05. The predicted molar refractivity (Wildman–Crippen MR) is 77.6 cm³/mol. The zero-order valence-electron chi connectivity index (χ0n) is 11.6. The van der Waals surface area contributed by atoms with Crippen molar-refractivity contribution >= 4 is 27.3 Å². The largest absolute Gasteiger partial charge is 0.480 e. The molecule has 2 rings (SSSR count). The molecule has 0 bridgehead atoms. The minimum absolute atomic E-state index is 0.0135. The number of hydrogen-bond donors (Lipinski definition) is 1. The van der Waals surface area contributed by atoms with Crippen molar-refractivity contribution in [1.29, 1.82) is 0 Å². The molecule has 1 N–H and O–H groups in total. The second-order valence-corrected chi connectivity index (χ2v) is 7.60. The van der Waals surface area contributed by atoms with Crippen LogP contribution in [-0.2, 0) is 27.9 Å². The molecule has 0 unspecified atom stereocenters. The first kappa shape index (κ1) is 15.7. The van der Waals surface area contributed by atoms with Gasteiger partial charge in [-0.1, -0.05) is 0 Å². The van der Waals surface area contributed by atoms with Gasteiger partial charge in [-0.3, -0.25) is 9.48 Å². The quantitative estimate of drug-likeness (QED) is 0.858. The molecule has 0 aliphatic heterocycles. The van der Waals surface area contributed by atoms with Crippen LogP contribution in [0.15, 0.2) is 28.7 Å². The van der Waals surface area contributed by atoms with Crippen LogP contribution in [0.1, 0.15) is 10.4 Å². The molecule has 2 heterocycles. The highest BCUT2D eigenvalue weighted by Crippen LogP contribution is 2.21. The first-order valence-corrected chi connectivity index (χ1v) is 8.36. The van der Waals surface area contributed by atoms with Gasteiger partial charge in [-0.25, -0.2) is 8.42 Å². The number of hydrogen-bond acceptors (Lipinski definition) is 5. The summed E-state index contributed by atoms with van der Waals surface area (Å²) in [6, 6.07) is 1.94. The molecule has 0 aliphatic carbocycles. The van der Waals surface area contributed by atoms with E-state index >= 15 is 0 Å². The Morgan fingerprint density at radius 1 is 1.52 bits per heavy atom. The van der Waals surface area contributed by atoms with E-state index in [1.165, 1.54) is 28.9 Å². The van der Waals surface area contributed by atoms with Crippen molar-refractivity contribution in [2.75, 3.05) is 7.05 Å². The standard InChI is InChI=1S/C12H15N3O4S2/c1-9-3-4-20-11(9)7-14(2)21(18,19)10-5-13-15(6-10)8-12(16)17/h3-6H,7-8H2,1-2H3,(H,16,17). The van der Waals surface area contributed by atoms with Gasteiger partial charge in [-0.05, 0) is 23.9 Å². The predicted octanol–water partition coefficient (Wildman–Crippen LogP) is 1.16. The Morgan fingerprint density at radius 2 is 2.24 bits per heavy atom. The molecule has 21 heavy (non-hydrogen) atoms. The third-order valence-electron chi connectivity index (χ3n) is 2.95. The van der Waals surface area contributed by atoms with E-state index in [2.05, 4.69) is 5.10 Å². The van der Waals surface area contributed by atoms with Crippen LogP contribution in [0.3, 0.4) is 0 Å². The number of carbonyl (C=O) groups is 1. The fourth-order valence-electron chi connectivity index (χ4n) is 1.74. The van der Waals surface area contributed by atoms with E-state index in [1.54, 1.807) is 0 Å².